The Bertz CT molecular complexity index is 680. The molecule has 3 rings (SSSR count). The fourth-order valence-corrected chi connectivity index (χ4v) is 3.04. The highest BCUT2D eigenvalue weighted by atomic mass is 19.1. The van der Waals surface area contributed by atoms with Gasteiger partial charge < -0.3 is 10.1 Å². The van der Waals surface area contributed by atoms with Gasteiger partial charge in [-0.15, -0.1) is 0 Å². The van der Waals surface area contributed by atoms with Crippen molar-refractivity contribution in [3.63, 3.8) is 0 Å². The lowest BCUT2D eigenvalue weighted by atomic mass is 10.1. The van der Waals surface area contributed by atoms with Crippen molar-refractivity contribution >= 4 is 11.9 Å². The average Bonchev–Trinajstić information content (AvgIpc) is 3.46. The van der Waals surface area contributed by atoms with Crippen LogP contribution in [-0.4, -0.2) is 43.1 Å². The first-order valence-electron chi connectivity index (χ1n) is 10.0. The van der Waals surface area contributed by atoms with Crippen molar-refractivity contribution in [1.29, 1.82) is 0 Å². The molecule has 2 fully saturated rings. The predicted molar refractivity (Wildman–Crippen MR) is 103 cm³/mol. The Morgan fingerprint density at radius 1 is 1.29 bits per heavy atom. The normalized spacial score (nSPS) is 17.7. The van der Waals surface area contributed by atoms with E-state index in [0.717, 1.165) is 31.4 Å². The number of carbonyl (C=O) groups excluding carboxylic acids is 2. The highest BCUT2D eigenvalue weighted by Crippen LogP contribution is 2.31. The number of rotatable bonds is 12. The third kappa shape index (κ3) is 5.90. The molecule has 3 N–H and O–H groups in total. The van der Waals surface area contributed by atoms with Crippen molar-refractivity contribution in [3.8, 4) is 5.75 Å². The van der Waals surface area contributed by atoms with E-state index >= 15 is 0 Å². The summed E-state index contributed by atoms with van der Waals surface area (Å²) in [5.41, 5.74) is 7.35. The molecule has 1 unspecified atom stereocenters. The molecule has 0 radical (unpaired) electrons. The maximum absolute atomic E-state index is 13.9. The monoisotopic (exact) mass is 392 g/mol. The topological polar surface area (TPSA) is 82.7 Å². The highest BCUT2D eigenvalue weighted by molar-refractivity contribution is 6.01. The number of amides is 3. The number of urea groups is 1. The molecule has 0 bridgehead atoms. The molecule has 1 aliphatic heterocycles. The van der Waals surface area contributed by atoms with Crippen LogP contribution in [0.4, 0.5) is 9.18 Å². The Kier molecular flexibility index (Phi) is 7.22. The van der Waals surface area contributed by atoms with Gasteiger partial charge in [0, 0.05) is 19.1 Å². The Hall–Kier alpha value is -2.19. The molecule has 1 saturated carbocycles. The van der Waals surface area contributed by atoms with E-state index in [-0.39, 0.29) is 30.3 Å². The van der Waals surface area contributed by atoms with Gasteiger partial charge >= 0.3 is 6.03 Å². The Labute approximate surface area is 165 Å². The average molecular weight is 392 g/mol. The SMILES string of the molecule is CC(NNCCCCCN1C(=O)CNC1=O)c1ccc(F)c(OCC2CC2)c1. The second-order valence-corrected chi connectivity index (χ2v) is 7.50. The maximum Gasteiger partial charge on any atom is 0.324 e. The number of nitrogens with zero attached hydrogens (tertiary/aromatic N) is 1. The van der Waals surface area contributed by atoms with Gasteiger partial charge in [-0.1, -0.05) is 12.5 Å². The van der Waals surface area contributed by atoms with Gasteiger partial charge in [0.2, 0.25) is 5.91 Å². The van der Waals surface area contributed by atoms with Crippen LogP contribution in [0.2, 0.25) is 0 Å². The Morgan fingerprint density at radius 3 is 2.82 bits per heavy atom. The lowest BCUT2D eigenvalue weighted by molar-refractivity contribution is -0.125. The molecule has 1 aromatic carbocycles. The third-order valence-corrected chi connectivity index (χ3v) is 5.07. The van der Waals surface area contributed by atoms with Crippen LogP contribution in [0, 0.1) is 11.7 Å². The molecule has 0 aromatic heterocycles. The molecule has 8 heteroatoms. The van der Waals surface area contributed by atoms with Crippen LogP contribution < -0.4 is 20.9 Å². The molecule has 2 aliphatic rings. The second-order valence-electron chi connectivity index (χ2n) is 7.50. The summed E-state index contributed by atoms with van der Waals surface area (Å²) in [6.07, 6.45) is 4.96. The predicted octanol–water partition coefficient (Wildman–Crippen LogP) is 2.49. The van der Waals surface area contributed by atoms with Crippen LogP contribution >= 0.6 is 0 Å². The summed E-state index contributed by atoms with van der Waals surface area (Å²) in [7, 11) is 0. The van der Waals surface area contributed by atoms with Crippen molar-refractivity contribution in [1.82, 2.24) is 21.1 Å². The number of carbonyl (C=O) groups is 2. The molecule has 1 atom stereocenters. The molecule has 1 heterocycles. The summed E-state index contributed by atoms with van der Waals surface area (Å²) in [6.45, 7) is 3.93. The zero-order valence-electron chi connectivity index (χ0n) is 16.3. The van der Waals surface area contributed by atoms with E-state index in [2.05, 4.69) is 16.2 Å². The Balaban J connectivity index is 1.30. The molecule has 1 saturated heterocycles. The van der Waals surface area contributed by atoms with E-state index < -0.39 is 0 Å². The minimum Gasteiger partial charge on any atom is -0.490 e. The summed E-state index contributed by atoms with van der Waals surface area (Å²) in [4.78, 5) is 24.2. The van der Waals surface area contributed by atoms with Crippen LogP contribution in [0.25, 0.3) is 0 Å². The first-order valence-corrected chi connectivity index (χ1v) is 10.0. The molecule has 154 valence electrons. The largest absolute Gasteiger partial charge is 0.490 e. The molecular weight excluding hydrogens is 363 g/mol. The van der Waals surface area contributed by atoms with Gasteiger partial charge in [0.15, 0.2) is 11.6 Å². The van der Waals surface area contributed by atoms with E-state index in [1.807, 2.05) is 6.92 Å². The number of hydrazine groups is 1. The first kappa shape index (κ1) is 20.5. The zero-order valence-corrected chi connectivity index (χ0v) is 16.3. The van der Waals surface area contributed by atoms with E-state index in [1.165, 1.54) is 23.8 Å². The lowest BCUT2D eigenvalue weighted by Gasteiger charge is -2.17. The summed E-state index contributed by atoms with van der Waals surface area (Å²) < 4.78 is 19.5. The summed E-state index contributed by atoms with van der Waals surface area (Å²) >= 11 is 0. The van der Waals surface area contributed by atoms with Gasteiger partial charge in [-0.3, -0.25) is 20.5 Å². The number of hydrogen-bond acceptors (Lipinski definition) is 5. The number of imide groups is 1. The highest BCUT2D eigenvalue weighted by Gasteiger charge is 2.27. The zero-order chi connectivity index (χ0) is 19.9. The van der Waals surface area contributed by atoms with Crippen LogP contribution in [0.15, 0.2) is 18.2 Å². The molecule has 3 amide bonds. The van der Waals surface area contributed by atoms with Crippen LogP contribution in [-0.2, 0) is 4.79 Å². The van der Waals surface area contributed by atoms with Crippen LogP contribution in [0.3, 0.4) is 0 Å². The third-order valence-electron chi connectivity index (χ3n) is 5.07. The van der Waals surface area contributed by atoms with E-state index in [0.29, 0.717) is 24.8 Å². The summed E-state index contributed by atoms with van der Waals surface area (Å²) in [5.74, 6) is 0.421. The van der Waals surface area contributed by atoms with Gasteiger partial charge in [-0.05, 0) is 56.2 Å². The minimum atomic E-state index is -0.324. The number of ether oxygens (including phenoxy) is 1. The van der Waals surface area contributed by atoms with Crippen LogP contribution in [0.5, 0.6) is 5.75 Å². The van der Waals surface area contributed by atoms with Gasteiger partial charge in [-0.25, -0.2) is 9.18 Å². The molecular formula is C20H29FN4O3. The molecule has 1 aromatic rings. The summed E-state index contributed by atoms with van der Waals surface area (Å²) in [6, 6.07) is 4.69. The fourth-order valence-electron chi connectivity index (χ4n) is 3.04. The van der Waals surface area contributed by atoms with E-state index in [4.69, 9.17) is 4.74 Å². The molecule has 1 aliphatic carbocycles. The van der Waals surface area contributed by atoms with Crippen molar-refractivity contribution in [3.05, 3.63) is 29.6 Å². The van der Waals surface area contributed by atoms with Crippen molar-refractivity contribution < 1.29 is 18.7 Å². The van der Waals surface area contributed by atoms with Crippen molar-refractivity contribution in [2.75, 3.05) is 26.2 Å². The van der Waals surface area contributed by atoms with Crippen molar-refractivity contribution in [2.24, 2.45) is 5.92 Å². The number of unbranched alkanes of at least 4 members (excludes halogenated alkanes) is 2. The molecule has 0 spiro atoms. The minimum absolute atomic E-state index is 0.00907. The smallest absolute Gasteiger partial charge is 0.324 e. The second kappa shape index (κ2) is 9.84. The first-order chi connectivity index (χ1) is 13.5. The maximum atomic E-state index is 13.9. The number of nitrogens with one attached hydrogen (secondary N) is 3. The summed E-state index contributed by atoms with van der Waals surface area (Å²) in [5, 5.41) is 2.52. The van der Waals surface area contributed by atoms with Gasteiger partial charge in [0.1, 0.15) is 0 Å². The van der Waals surface area contributed by atoms with Gasteiger partial charge in [-0.2, -0.15) is 0 Å². The van der Waals surface area contributed by atoms with Crippen molar-refractivity contribution in [2.45, 2.75) is 45.1 Å². The van der Waals surface area contributed by atoms with Gasteiger partial charge in [0.25, 0.3) is 0 Å². The van der Waals surface area contributed by atoms with E-state index in [9.17, 15) is 14.0 Å². The molecule has 7 nitrogen and oxygen atoms in total. The standard InChI is InChI=1S/C20H29FN4O3/c1-14(16-7-8-17(21)18(11-16)28-13-15-5-6-15)24-23-9-3-2-4-10-25-19(26)12-22-20(25)27/h7-8,11,14-15,23-24H,2-6,9-10,12-13H2,1H3,(H,22,27). The number of hydrogen-bond donors (Lipinski definition) is 3. The number of halogens is 1. The lowest BCUT2D eigenvalue weighted by Crippen LogP contribution is -2.35. The fraction of sp³-hybridized carbons (Fsp3) is 0.600. The Morgan fingerprint density at radius 2 is 2.11 bits per heavy atom. The van der Waals surface area contributed by atoms with Crippen LogP contribution in [0.1, 0.15) is 50.6 Å². The van der Waals surface area contributed by atoms with E-state index in [1.54, 1.807) is 12.1 Å². The number of benzene rings is 1. The van der Waals surface area contributed by atoms with Gasteiger partial charge in [0.05, 0.1) is 13.2 Å². The quantitative estimate of drug-likeness (QED) is 0.289. The molecule has 28 heavy (non-hydrogen) atoms.